The van der Waals surface area contributed by atoms with E-state index in [-0.39, 0.29) is 13.0 Å². The van der Waals surface area contributed by atoms with E-state index in [4.69, 9.17) is 18.9 Å². The zero-order valence-corrected chi connectivity index (χ0v) is 11.5. The molecule has 1 fully saturated rings. The fraction of sp³-hybridized carbons (Fsp3) is 0.750. The van der Waals surface area contributed by atoms with Crippen molar-refractivity contribution in [3.8, 4) is 0 Å². The molecule has 0 saturated carbocycles. The van der Waals surface area contributed by atoms with Gasteiger partial charge in [-0.15, -0.1) is 0 Å². The average Bonchev–Trinajstić information content (AvgIpc) is 2.29. The Morgan fingerprint density at radius 2 is 1.70 bits per heavy atom. The van der Waals surface area contributed by atoms with Crippen molar-refractivity contribution in [1.29, 1.82) is 0 Å². The summed E-state index contributed by atoms with van der Waals surface area (Å²) in [4.78, 5) is 32.8. The number of esters is 3. The van der Waals surface area contributed by atoms with Crippen LogP contribution in [0.4, 0.5) is 0 Å². The van der Waals surface area contributed by atoms with E-state index in [0.29, 0.717) is 0 Å². The van der Waals surface area contributed by atoms with Crippen LogP contribution in [0.2, 0.25) is 0 Å². The monoisotopic (exact) mass is 290 g/mol. The van der Waals surface area contributed by atoms with Crippen molar-refractivity contribution in [2.45, 2.75) is 51.8 Å². The van der Waals surface area contributed by atoms with Gasteiger partial charge in [-0.3, -0.25) is 14.4 Å². The summed E-state index contributed by atoms with van der Waals surface area (Å²) in [5.41, 5.74) is 0. The molecular weight excluding hydrogens is 272 g/mol. The summed E-state index contributed by atoms with van der Waals surface area (Å²) < 4.78 is 19.9. The van der Waals surface area contributed by atoms with E-state index in [1.807, 2.05) is 0 Å². The number of aliphatic hydroxyl groups is 1. The summed E-state index contributed by atoms with van der Waals surface area (Å²) in [6.07, 6.45) is -3.93. The summed E-state index contributed by atoms with van der Waals surface area (Å²) in [5.74, 6) is -1.70. The van der Waals surface area contributed by atoms with Crippen molar-refractivity contribution in [2.24, 2.45) is 0 Å². The highest BCUT2D eigenvalue weighted by molar-refractivity contribution is 5.67. The minimum atomic E-state index is -1.46. The molecule has 0 spiro atoms. The number of aliphatic hydroxyl groups excluding tert-OH is 1. The largest absolute Gasteiger partial charge is 0.463 e. The Labute approximate surface area is 115 Å². The van der Waals surface area contributed by atoms with Crippen LogP contribution in [0.15, 0.2) is 0 Å². The van der Waals surface area contributed by atoms with Crippen LogP contribution in [0.3, 0.4) is 0 Å². The Morgan fingerprint density at radius 1 is 1.10 bits per heavy atom. The predicted octanol–water partition coefficient (Wildman–Crippen LogP) is -0.480. The third-order valence-corrected chi connectivity index (χ3v) is 2.57. The van der Waals surface area contributed by atoms with Gasteiger partial charge >= 0.3 is 17.9 Å². The van der Waals surface area contributed by atoms with Crippen molar-refractivity contribution in [3.05, 3.63) is 0 Å². The molecule has 3 unspecified atom stereocenters. The standard InChI is InChI=1S/C12H18O8/c1-6(13)17-5-9-4-10(18-7(2)14)11(12(16)20-9)19-8(3)15/h9-12,16H,4-5H2,1-3H3/t9-,10?,11?,12?/m0/s1. The lowest BCUT2D eigenvalue weighted by Gasteiger charge is -2.37. The van der Waals surface area contributed by atoms with E-state index in [1.54, 1.807) is 0 Å². The lowest BCUT2D eigenvalue weighted by molar-refractivity contribution is -0.263. The minimum absolute atomic E-state index is 0.0864. The van der Waals surface area contributed by atoms with E-state index >= 15 is 0 Å². The first-order valence-corrected chi connectivity index (χ1v) is 6.11. The predicted molar refractivity (Wildman–Crippen MR) is 63.2 cm³/mol. The highest BCUT2D eigenvalue weighted by Gasteiger charge is 2.42. The molecule has 1 rings (SSSR count). The van der Waals surface area contributed by atoms with Gasteiger partial charge in [0.1, 0.15) is 12.7 Å². The van der Waals surface area contributed by atoms with Gasteiger partial charge in [-0.05, 0) is 0 Å². The maximum absolute atomic E-state index is 11.1. The van der Waals surface area contributed by atoms with Crippen molar-refractivity contribution in [3.63, 3.8) is 0 Å². The number of hydrogen-bond acceptors (Lipinski definition) is 8. The molecule has 1 N–H and O–H groups in total. The van der Waals surface area contributed by atoms with Crippen molar-refractivity contribution < 1.29 is 38.4 Å². The maximum atomic E-state index is 11.1. The molecule has 8 heteroatoms. The van der Waals surface area contributed by atoms with Crippen LogP contribution in [0.1, 0.15) is 27.2 Å². The van der Waals surface area contributed by atoms with Gasteiger partial charge in [-0.25, -0.2) is 0 Å². The molecule has 0 aromatic heterocycles. The van der Waals surface area contributed by atoms with Gasteiger partial charge in [0, 0.05) is 27.2 Å². The van der Waals surface area contributed by atoms with Crippen molar-refractivity contribution in [1.82, 2.24) is 0 Å². The van der Waals surface area contributed by atoms with Gasteiger partial charge in [0.05, 0.1) is 6.10 Å². The molecule has 0 aromatic carbocycles. The van der Waals surface area contributed by atoms with E-state index in [0.717, 1.165) is 0 Å². The highest BCUT2D eigenvalue weighted by atomic mass is 16.7. The zero-order valence-electron chi connectivity index (χ0n) is 11.5. The molecule has 0 aliphatic carbocycles. The van der Waals surface area contributed by atoms with Crippen LogP contribution in [-0.4, -0.2) is 54.2 Å². The SMILES string of the molecule is CC(=O)OC[C@@H]1CC(OC(C)=O)C(OC(C)=O)C(O)O1. The number of carbonyl (C=O) groups excluding carboxylic acids is 3. The number of ether oxygens (including phenoxy) is 4. The molecule has 1 aliphatic rings. The second-order valence-corrected chi connectivity index (χ2v) is 4.41. The Hall–Kier alpha value is -1.67. The van der Waals surface area contributed by atoms with E-state index in [2.05, 4.69) is 0 Å². The fourth-order valence-corrected chi connectivity index (χ4v) is 1.88. The van der Waals surface area contributed by atoms with Crippen LogP contribution in [-0.2, 0) is 33.3 Å². The normalized spacial score (nSPS) is 29.4. The van der Waals surface area contributed by atoms with Crippen molar-refractivity contribution in [2.75, 3.05) is 6.61 Å². The maximum Gasteiger partial charge on any atom is 0.303 e. The van der Waals surface area contributed by atoms with Crippen LogP contribution in [0, 0.1) is 0 Å². The van der Waals surface area contributed by atoms with Gasteiger partial charge in [0.25, 0.3) is 0 Å². The van der Waals surface area contributed by atoms with Gasteiger partial charge in [0.15, 0.2) is 12.4 Å². The Morgan fingerprint density at radius 3 is 2.20 bits per heavy atom. The fourth-order valence-electron chi connectivity index (χ4n) is 1.88. The number of hydrogen-bond donors (Lipinski definition) is 1. The van der Waals surface area contributed by atoms with Crippen LogP contribution < -0.4 is 0 Å². The van der Waals surface area contributed by atoms with Crippen LogP contribution in [0.5, 0.6) is 0 Å². The van der Waals surface area contributed by atoms with Gasteiger partial charge < -0.3 is 24.1 Å². The number of rotatable bonds is 4. The number of carbonyl (C=O) groups is 3. The topological polar surface area (TPSA) is 108 Å². The average molecular weight is 290 g/mol. The lowest BCUT2D eigenvalue weighted by atomic mass is 10.0. The first-order valence-electron chi connectivity index (χ1n) is 6.11. The van der Waals surface area contributed by atoms with Gasteiger partial charge in [0.2, 0.25) is 0 Å². The smallest absolute Gasteiger partial charge is 0.303 e. The van der Waals surface area contributed by atoms with E-state index < -0.39 is 42.5 Å². The summed E-state index contributed by atoms with van der Waals surface area (Å²) >= 11 is 0. The molecule has 20 heavy (non-hydrogen) atoms. The summed E-state index contributed by atoms with van der Waals surface area (Å²) in [6.45, 7) is 3.53. The van der Waals surface area contributed by atoms with E-state index in [9.17, 15) is 19.5 Å². The molecule has 8 nitrogen and oxygen atoms in total. The van der Waals surface area contributed by atoms with E-state index in [1.165, 1.54) is 20.8 Å². The Balaban J connectivity index is 2.71. The molecule has 0 amide bonds. The third-order valence-electron chi connectivity index (χ3n) is 2.57. The van der Waals surface area contributed by atoms with Crippen LogP contribution >= 0.6 is 0 Å². The molecule has 0 bridgehead atoms. The lowest BCUT2D eigenvalue weighted by Crippen LogP contribution is -2.52. The molecule has 114 valence electrons. The Kier molecular flexibility index (Phi) is 5.90. The second-order valence-electron chi connectivity index (χ2n) is 4.41. The molecule has 1 heterocycles. The molecule has 0 radical (unpaired) electrons. The van der Waals surface area contributed by atoms with Crippen molar-refractivity contribution >= 4 is 17.9 Å². The third kappa shape index (κ3) is 5.14. The molecule has 4 atom stereocenters. The first kappa shape index (κ1) is 16.4. The van der Waals surface area contributed by atoms with Crippen LogP contribution in [0.25, 0.3) is 0 Å². The summed E-state index contributed by atoms with van der Waals surface area (Å²) in [7, 11) is 0. The molecular formula is C12H18O8. The highest BCUT2D eigenvalue weighted by Crippen LogP contribution is 2.24. The molecule has 0 aromatic rings. The first-order chi connectivity index (χ1) is 9.29. The van der Waals surface area contributed by atoms with Gasteiger partial charge in [-0.2, -0.15) is 0 Å². The molecule has 1 saturated heterocycles. The van der Waals surface area contributed by atoms with Gasteiger partial charge in [-0.1, -0.05) is 0 Å². The quantitative estimate of drug-likeness (QED) is 0.546. The minimum Gasteiger partial charge on any atom is -0.463 e. The second kappa shape index (κ2) is 7.20. The molecule has 1 aliphatic heterocycles. The summed E-state index contributed by atoms with van der Waals surface area (Å²) in [5, 5.41) is 9.81. The Bertz CT molecular complexity index is 380. The zero-order chi connectivity index (χ0) is 15.3. The summed E-state index contributed by atoms with van der Waals surface area (Å²) in [6, 6.07) is 0.